The van der Waals surface area contributed by atoms with E-state index < -0.39 is 15.8 Å². The summed E-state index contributed by atoms with van der Waals surface area (Å²) in [4.78, 5) is 0. The highest BCUT2D eigenvalue weighted by atomic mass is 32.2. The lowest BCUT2D eigenvalue weighted by Gasteiger charge is -2.21. The van der Waals surface area contributed by atoms with Gasteiger partial charge in [0.25, 0.3) is 0 Å². The maximum Gasteiger partial charge on any atom is 0.229 e. The van der Waals surface area contributed by atoms with Crippen molar-refractivity contribution in [3.8, 4) is 0 Å². The summed E-state index contributed by atoms with van der Waals surface area (Å²) in [6, 6.07) is 4.17. The number of hydrogen-bond acceptors (Lipinski definition) is 4. The highest BCUT2D eigenvalue weighted by Gasteiger charge is 2.13. The third-order valence-electron chi connectivity index (χ3n) is 2.73. The predicted molar refractivity (Wildman–Crippen MR) is 74.4 cm³/mol. The Labute approximate surface area is 113 Å². The van der Waals surface area contributed by atoms with E-state index in [0.29, 0.717) is 5.69 Å². The number of halogens is 1. The van der Waals surface area contributed by atoms with Gasteiger partial charge >= 0.3 is 0 Å². The zero-order chi connectivity index (χ0) is 14.6. The maximum atomic E-state index is 13.5. The van der Waals surface area contributed by atoms with Gasteiger partial charge in [-0.3, -0.25) is 4.72 Å². The first-order valence-electron chi connectivity index (χ1n) is 5.79. The summed E-state index contributed by atoms with van der Waals surface area (Å²) in [6.07, 6.45) is 0.943. The molecule has 2 unspecified atom stereocenters. The summed E-state index contributed by atoms with van der Waals surface area (Å²) < 4.78 is 43.0. The smallest absolute Gasteiger partial charge is 0.229 e. The molecule has 2 N–H and O–H groups in total. The number of ether oxygens (including phenoxy) is 1. The summed E-state index contributed by atoms with van der Waals surface area (Å²) in [5, 5.41) is 3.12. The number of methoxy groups -OCH3 is 1. The van der Waals surface area contributed by atoms with Crippen LogP contribution in [0.25, 0.3) is 0 Å². The maximum absolute atomic E-state index is 13.5. The second kappa shape index (κ2) is 6.21. The topological polar surface area (TPSA) is 67.4 Å². The van der Waals surface area contributed by atoms with Crippen molar-refractivity contribution in [2.45, 2.75) is 26.0 Å². The van der Waals surface area contributed by atoms with Gasteiger partial charge in [-0.1, -0.05) is 0 Å². The Morgan fingerprint density at radius 1 is 1.32 bits per heavy atom. The SMILES string of the molecule is COC(C)C(C)Nc1ccc(F)c(NS(C)(=O)=O)c1. The zero-order valence-corrected chi connectivity index (χ0v) is 12.2. The quantitative estimate of drug-likeness (QED) is 0.841. The van der Waals surface area contributed by atoms with Crippen molar-refractivity contribution >= 4 is 21.4 Å². The lowest BCUT2D eigenvalue weighted by Crippen LogP contribution is -2.29. The van der Waals surface area contributed by atoms with Crippen molar-refractivity contribution < 1.29 is 17.5 Å². The molecule has 2 atom stereocenters. The number of rotatable bonds is 6. The molecule has 0 aliphatic rings. The molecule has 0 radical (unpaired) electrons. The molecule has 0 aliphatic heterocycles. The molecule has 0 amide bonds. The van der Waals surface area contributed by atoms with E-state index in [2.05, 4.69) is 10.0 Å². The molecule has 0 spiro atoms. The van der Waals surface area contributed by atoms with E-state index in [1.807, 2.05) is 13.8 Å². The molecule has 1 rings (SSSR count). The minimum Gasteiger partial charge on any atom is -0.380 e. The first-order chi connectivity index (χ1) is 8.73. The summed E-state index contributed by atoms with van der Waals surface area (Å²) in [5.41, 5.74) is 0.536. The first-order valence-corrected chi connectivity index (χ1v) is 7.68. The fourth-order valence-electron chi connectivity index (χ4n) is 1.48. The van der Waals surface area contributed by atoms with Gasteiger partial charge in [-0.2, -0.15) is 0 Å². The van der Waals surface area contributed by atoms with Gasteiger partial charge in [-0.15, -0.1) is 0 Å². The number of nitrogens with one attached hydrogen (secondary N) is 2. The molecule has 0 heterocycles. The summed E-state index contributed by atoms with van der Waals surface area (Å²) in [5.74, 6) is -0.622. The van der Waals surface area contributed by atoms with Crippen LogP contribution in [0.4, 0.5) is 15.8 Å². The van der Waals surface area contributed by atoms with Crippen LogP contribution >= 0.6 is 0 Å². The molecule has 108 valence electrons. The third-order valence-corrected chi connectivity index (χ3v) is 3.32. The number of sulfonamides is 1. The van der Waals surface area contributed by atoms with Crippen LogP contribution in [0.2, 0.25) is 0 Å². The van der Waals surface area contributed by atoms with Crippen LogP contribution in [-0.4, -0.2) is 33.9 Å². The van der Waals surface area contributed by atoms with E-state index in [4.69, 9.17) is 4.74 Å². The first kappa shape index (κ1) is 15.7. The van der Waals surface area contributed by atoms with Gasteiger partial charge < -0.3 is 10.1 Å². The Hall–Kier alpha value is -1.34. The van der Waals surface area contributed by atoms with Crippen LogP contribution in [0.1, 0.15) is 13.8 Å². The largest absolute Gasteiger partial charge is 0.380 e. The molecule has 0 aliphatic carbocycles. The molecule has 19 heavy (non-hydrogen) atoms. The normalized spacial score (nSPS) is 14.8. The van der Waals surface area contributed by atoms with Gasteiger partial charge in [0.15, 0.2) is 0 Å². The lowest BCUT2D eigenvalue weighted by molar-refractivity contribution is 0.106. The fraction of sp³-hybridized carbons (Fsp3) is 0.500. The van der Waals surface area contributed by atoms with Crippen molar-refractivity contribution in [2.24, 2.45) is 0 Å². The van der Waals surface area contributed by atoms with E-state index >= 15 is 0 Å². The molecule has 0 bridgehead atoms. The van der Waals surface area contributed by atoms with E-state index in [-0.39, 0.29) is 17.8 Å². The van der Waals surface area contributed by atoms with Crippen LogP contribution in [-0.2, 0) is 14.8 Å². The standard InChI is InChI=1S/C12H19FN2O3S/c1-8(9(2)18-3)14-10-5-6-11(13)12(7-10)15-19(4,16)17/h5-9,14-15H,1-4H3. The van der Waals surface area contributed by atoms with Crippen LogP contribution in [0, 0.1) is 5.82 Å². The minimum absolute atomic E-state index is 0.00143. The molecule has 0 saturated carbocycles. The average molecular weight is 290 g/mol. The summed E-state index contributed by atoms with van der Waals surface area (Å²) in [7, 11) is -1.91. The van der Waals surface area contributed by atoms with E-state index in [1.165, 1.54) is 12.1 Å². The fourth-order valence-corrected chi connectivity index (χ4v) is 2.03. The molecule has 1 aromatic carbocycles. The second-order valence-electron chi connectivity index (χ2n) is 4.44. The van der Waals surface area contributed by atoms with Gasteiger partial charge in [0.1, 0.15) is 5.82 Å². The van der Waals surface area contributed by atoms with E-state index in [0.717, 1.165) is 6.26 Å². The Morgan fingerprint density at radius 3 is 2.47 bits per heavy atom. The van der Waals surface area contributed by atoms with E-state index in [1.54, 1.807) is 13.2 Å². The molecular formula is C12H19FN2O3S. The number of benzene rings is 1. The Kier molecular flexibility index (Phi) is 5.13. The minimum atomic E-state index is -3.51. The van der Waals surface area contributed by atoms with Gasteiger partial charge in [-0.25, -0.2) is 12.8 Å². The number of anilines is 2. The lowest BCUT2D eigenvalue weighted by atomic mass is 10.2. The summed E-state index contributed by atoms with van der Waals surface area (Å²) in [6.45, 7) is 3.82. The average Bonchev–Trinajstić information content (AvgIpc) is 2.30. The van der Waals surface area contributed by atoms with Crippen molar-refractivity contribution in [3.05, 3.63) is 24.0 Å². The number of hydrogen-bond donors (Lipinski definition) is 2. The highest BCUT2D eigenvalue weighted by molar-refractivity contribution is 7.92. The Bertz CT molecular complexity index is 534. The molecule has 0 aromatic heterocycles. The van der Waals surface area contributed by atoms with Gasteiger partial charge in [-0.05, 0) is 32.0 Å². The predicted octanol–water partition coefficient (Wildman–Crippen LogP) is 2.03. The van der Waals surface area contributed by atoms with Crippen molar-refractivity contribution in [1.29, 1.82) is 0 Å². The van der Waals surface area contributed by atoms with Gasteiger partial charge in [0, 0.05) is 18.8 Å². The molecule has 5 nitrogen and oxygen atoms in total. The van der Waals surface area contributed by atoms with E-state index in [9.17, 15) is 12.8 Å². The van der Waals surface area contributed by atoms with Crippen molar-refractivity contribution in [2.75, 3.05) is 23.4 Å². The monoisotopic (exact) mass is 290 g/mol. The molecule has 0 fully saturated rings. The zero-order valence-electron chi connectivity index (χ0n) is 11.4. The highest BCUT2D eigenvalue weighted by Crippen LogP contribution is 2.21. The van der Waals surface area contributed by atoms with Crippen LogP contribution in [0.3, 0.4) is 0 Å². The van der Waals surface area contributed by atoms with Crippen LogP contribution in [0.5, 0.6) is 0 Å². The Balaban J connectivity index is 2.90. The van der Waals surface area contributed by atoms with Crippen LogP contribution < -0.4 is 10.0 Å². The van der Waals surface area contributed by atoms with Gasteiger partial charge in [0.05, 0.1) is 18.0 Å². The third kappa shape index (κ3) is 5.04. The van der Waals surface area contributed by atoms with Gasteiger partial charge in [0.2, 0.25) is 10.0 Å². The molecular weight excluding hydrogens is 271 g/mol. The molecule has 0 saturated heterocycles. The Morgan fingerprint density at radius 2 is 1.95 bits per heavy atom. The van der Waals surface area contributed by atoms with Crippen molar-refractivity contribution in [1.82, 2.24) is 0 Å². The van der Waals surface area contributed by atoms with Crippen molar-refractivity contribution in [3.63, 3.8) is 0 Å². The van der Waals surface area contributed by atoms with Crippen LogP contribution in [0.15, 0.2) is 18.2 Å². The summed E-state index contributed by atoms with van der Waals surface area (Å²) >= 11 is 0. The second-order valence-corrected chi connectivity index (χ2v) is 6.19. The molecule has 7 heteroatoms. The molecule has 1 aromatic rings.